The predicted octanol–water partition coefficient (Wildman–Crippen LogP) is 2.91. The number of aryl methyl sites for hydroxylation is 1. The summed E-state index contributed by atoms with van der Waals surface area (Å²) in [7, 11) is 0. The quantitative estimate of drug-likeness (QED) is 0.695. The lowest BCUT2D eigenvalue weighted by Crippen LogP contribution is -2.15. The normalized spacial score (nSPS) is 16.1. The van der Waals surface area contributed by atoms with E-state index < -0.39 is 0 Å². The maximum absolute atomic E-state index is 12.1. The number of para-hydroxylation sites is 1. The van der Waals surface area contributed by atoms with E-state index in [1.807, 2.05) is 37.3 Å². The van der Waals surface area contributed by atoms with Crippen molar-refractivity contribution in [3.05, 3.63) is 59.2 Å². The largest absolute Gasteiger partial charge is 0.493 e. The smallest absolute Gasteiger partial charge is 0.340 e. The summed E-state index contributed by atoms with van der Waals surface area (Å²) in [5.41, 5.74) is 8.75. The topological polar surface area (TPSA) is 61.6 Å². The molecule has 1 atom stereocenters. The lowest BCUT2D eigenvalue weighted by molar-refractivity contribution is 0.0472. The molecule has 0 radical (unpaired) electrons. The molecule has 3 rings (SSSR count). The summed E-state index contributed by atoms with van der Waals surface area (Å²) in [5, 5.41) is 0. The summed E-state index contributed by atoms with van der Waals surface area (Å²) in [6.45, 7) is 2.75. The van der Waals surface area contributed by atoms with Gasteiger partial charge >= 0.3 is 5.97 Å². The number of hydrogen-bond acceptors (Lipinski definition) is 4. The van der Waals surface area contributed by atoms with Gasteiger partial charge in [-0.15, -0.1) is 0 Å². The Morgan fingerprint density at radius 3 is 3.00 bits per heavy atom. The van der Waals surface area contributed by atoms with Gasteiger partial charge in [0.15, 0.2) is 0 Å². The summed E-state index contributed by atoms with van der Waals surface area (Å²) in [5.74, 6) is 0.561. The zero-order valence-electron chi connectivity index (χ0n) is 11.8. The van der Waals surface area contributed by atoms with Crippen LogP contribution in [0.1, 0.15) is 27.4 Å². The SMILES string of the molecule is Cc1ccc(N)c(C(=O)OCC2COc3ccccc32)c1. The highest BCUT2D eigenvalue weighted by Gasteiger charge is 2.25. The average Bonchev–Trinajstić information content (AvgIpc) is 2.90. The van der Waals surface area contributed by atoms with Gasteiger partial charge in [0.05, 0.1) is 18.1 Å². The summed E-state index contributed by atoms with van der Waals surface area (Å²) >= 11 is 0. The Kier molecular flexibility index (Phi) is 3.52. The minimum Gasteiger partial charge on any atom is -0.493 e. The van der Waals surface area contributed by atoms with Gasteiger partial charge in [0.25, 0.3) is 0 Å². The van der Waals surface area contributed by atoms with Crippen molar-refractivity contribution in [2.45, 2.75) is 12.8 Å². The van der Waals surface area contributed by atoms with E-state index in [-0.39, 0.29) is 11.9 Å². The zero-order chi connectivity index (χ0) is 14.8. The van der Waals surface area contributed by atoms with Crippen molar-refractivity contribution in [3.63, 3.8) is 0 Å². The van der Waals surface area contributed by atoms with Crippen LogP contribution in [0.2, 0.25) is 0 Å². The summed E-state index contributed by atoms with van der Waals surface area (Å²) in [6, 6.07) is 13.2. The van der Waals surface area contributed by atoms with Crippen molar-refractivity contribution in [2.24, 2.45) is 0 Å². The Balaban J connectivity index is 1.69. The number of rotatable bonds is 3. The molecule has 108 valence electrons. The van der Waals surface area contributed by atoms with E-state index in [0.717, 1.165) is 16.9 Å². The van der Waals surface area contributed by atoms with Gasteiger partial charge in [-0.25, -0.2) is 4.79 Å². The highest BCUT2D eigenvalue weighted by Crippen LogP contribution is 2.33. The fraction of sp³-hybridized carbons (Fsp3) is 0.235. The molecule has 4 nitrogen and oxygen atoms in total. The molecule has 0 aromatic heterocycles. The van der Waals surface area contributed by atoms with Crippen molar-refractivity contribution in [1.82, 2.24) is 0 Å². The van der Waals surface area contributed by atoms with Gasteiger partial charge in [0, 0.05) is 11.3 Å². The van der Waals surface area contributed by atoms with Gasteiger partial charge in [-0.3, -0.25) is 0 Å². The first kappa shape index (κ1) is 13.5. The first-order valence-electron chi connectivity index (χ1n) is 6.90. The van der Waals surface area contributed by atoms with E-state index >= 15 is 0 Å². The number of nitrogen functional groups attached to an aromatic ring is 1. The number of carbonyl (C=O) groups is 1. The second-order valence-electron chi connectivity index (χ2n) is 5.23. The molecule has 0 saturated carbocycles. The van der Waals surface area contributed by atoms with E-state index in [4.69, 9.17) is 15.2 Å². The van der Waals surface area contributed by atoms with Crippen LogP contribution in [0.4, 0.5) is 5.69 Å². The molecule has 0 saturated heterocycles. The molecule has 0 amide bonds. The van der Waals surface area contributed by atoms with Crippen LogP contribution < -0.4 is 10.5 Å². The summed E-state index contributed by atoms with van der Waals surface area (Å²) in [4.78, 5) is 12.1. The maximum atomic E-state index is 12.1. The molecule has 1 heterocycles. The third-order valence-corrected chi connectivity index (χ3v) is 3.64. The third kappa shape index (κ3) is 2.70. The Hall–Kier alpha value is -2.49. The van der Waals surface area contributed by atoms with Crippen LogP contribution in [-0.2, 0) is 4.74 Å². The van der Waals surface area contributed by atoms with Gasteiger partial charge in [-0.05, 0) is 25.1 Å². The Morgan fingerprint density at radius 2 is 2.14 bits per heavy atom. The number of carbonyl (C=O) groups excluding carboxylic acids is 1. The molecule has 0 bridgehead atoms. The van der Waals surface area contributed by atoms with E-state index in [1.54, 1.807) is 12.1 Å². The Bertz CT molecular complexity index is 681. The average molecular weight is 283 g/mol. The number of fused-ring (bicyclic) bond motifs is 1. The second-order valence-corrected chi connectivity index (χ2v) is 5.23. The fourth-order valence-electron chi connectivity index (χ4n) is 2.47. The zero-order valence-corrected chi connectivity index (χ0v) is 11.8. The van der Waals surface area contributed by atoms with E-state index in [2.05, 4.69) is 0 Å². The molecule has 21 heavy (non-hydrogen) atoms. The van der Waals surface area contributed by atoms with Crippen molar-refractivity contribution >= 4 is 11.7 Å². The van der Waals surface area contributed by atoms with Crippen molar-refractivity contribution in [3.8, 4) is 5.75 Å². The molecular weight excluding hydrogens is 266 g/mol. The van der Waals surface area contributed by atoms with E-state index in [1.165, 1.54) is 0 Å². The highest BCUT2D eigenvalue weighted by atomic mass is 16.5. The van der Waals surface area contributed by atoms with Gasteiger partial charge in [0.1, 0.15) is 12.4 Å². The first-order valence-corrected chi connectivity index (χ1v) is 6.90. The molecule has 1 aliphatic heterocycles. The van der Waals surface area contributed by atoms with Crippen molar-refractivity contribution in [2.75, 3.05) is 18.9 Å². The number of ether oxygens (including phenoxy) is 2. The number of benzene rings is 2. The molecule has 4 heteroatoms. The monoisotopic (exact) mass is 283 g/mol. The molecule has 0 fully saturated rings. The molecule has 0 spiro atoms. The van der Waals surface area contributed by atoms with Crippen molar-refractivity contribution < 1.29 is 14.3 Å². The van der Waals surface area contributed by atoms with Crippen LogP contribution in [0.25, 0.3) is 0 Å². The lowest BCUT2D eigenvalue weighted by Gasteiger charge is -2.11. The second kappa shape index (κ2) is 5.48. The van der Waals surface area contributed by atoms with E-state index in [0.29, 0.717) is 24.5 Å². The number of esters is 1. The van der Waals surface area contributed by atoms with Gasteiger partial charge < -0.3 is 15.2 Å². The van der Waals surface area contributed by atoms with Crippen molar-refractivity contribution in [1.29, 1.82) is 0 Å². The van der Waals surface area contributed by atoms with Crippen LogP contribution >= 0.6 is 0 Å². The molecule has 2 aromatic carbocycles. The van der Waals surface area contributed by atoms with Crippen LogP contribution in [-0.4, -0.2) is 19.2 Å². The van der Waals surface area contributed by atoms with Crippen LogP contribution in [0.5, 0.6) is 5.75 Å². The van der Waals surface area contributed by atoms with Crippen LogP contribution in [0, 0.1) is 6.92 Å². The summed E-state index contributed by atoms with van der Waals surface area (Å²) < 4.78 is 11.0. The van der Waals surface area contributed by atoms with Crippen LogP contribution in [0.15, 0.2) is 42.5 Å². The first-order chi connectivity index (χ1) is 10.1. The number of anilines is 1. The van der Waals surface area contributed by atoms with Gasteiger partial charge in [-0.2, -0.15) is 0 Å². The lowest BCUT2D eigenvalue weighted by atomic mass is 10.0. The van der Waals surface area contributed by atoms with Gasteiger partial charge in [0.2, 0.25) is 0 Å². The fourth-order valence-corrected chi connectivity index (χ4v) is 2.47. The Labute approximate surface area is 123 Å². The molecule has 0 aliphatic carbocycles. The third-order valence-electron chi connectivity index (χ3n) is 3.64. The maximum Gasteiger partial charge on any atom is 0.340 e. The van der Waals surface area contributed by atoms with Crippen LogP contribution in [0.3, 0.4) is 0 Å². The Morgan fingerprint density at radius 1 is 1.33 bits per heavy atom. The molecule has 2 N–H and O–H groups in total. The number of hydrogen-bond donors (Lipinski definition) is 1. The predicted molar refractivity (Wildman–Crippen MR) is 80.6 cm³/mol. The molecule has 2 aromatic rings. The minimum atomic E-state index is -0.388. The van der Waals surface area contributed by atoms with E-state index in [9.17, 15) is 4.79 Å². The summed E-state index contributed by atoms with van der Waals surface area (Å²) in [6.07, 6.45) is 0. The number of nitrogens with two attached hydrogens (primary N) is 1. The highest BCUT2D eigenvalue weighted by molar-refractivity contribution is 5.95. The van der Waals surface area contributed by atoms with Gasteiger partial charge in [-0.1, -0.05) is 29.8 Å². The molecule has 1 aliphatic rings. The molecular formula is C17H17NO3. The standard InChI is InChI=1S/C17H17NO3/c1-11-6-7-15(18)14(8-11)17(19)21-10-12-9-20-16-5-3-2-4-13(12)16/h2-8,12H,9-10,18H2,1H3. The minimum absolute atomic E-state index is 0.0798. The molecule has 1 unspecified atom stereocenters.